The van der Waals surface area contributed by atoms with Gasteiger partial charge in [-0.1, -0.05) is 26.0 Å². The first-order valence-electron chi connectivity index (χ1n) is 6.91. The first kappa shape index (κ1) is 15.3. The molecule has 1 N–H and O–H groups in total. The molecule has 5 nitrogen and oxygen atoms in total. The molecule has 112 valence electrons. The molecule has 0 bridgehead atoms. The van der Waals surface area contributed by atoms with Gasteiger partial charge in [-0.15, -0.1) is 0 Å². The second-order valence-corrected chi connectivity index (χ2v) is 5.15. The van der Waals surface area contributed by atoms with E-state index in [4.69, 9.17) is 14.6 Å². The van der Waals surface area contributed by atoms with Gasteiger partial charge in [0.05, 0.1) is 12.1 Å². The summed E-state index contributed by atoms with van der Waals surface area (Å²) in [5, 5.41) is 9.89. The maximum absolute atomic E-state index is 11.1. The number of nitrogens with zero attached hydrogens (tertiary/aromatic N) is 1. The fourth-order valence-electron chi connectivity index (χ4n) is 1.90. The van der Waals surface area contributed by atoms with E-state index in [9.17, 15) is 4.79 Å². The highest BCUT2D eigenvalue weighted by Crippen LogP contribution is 2.25. The van der Waals surface area contributed by atoms with Gasteiger partial charge in [-0.05, 0) is 18.1 Å². The molecule has 0 aliphatic heterocycles. The van der Waals surface area contributed by atoms with Crippen LogP contribution < -0.4 is 4.74 Å². The molecule has 1 aromatic heterocycles. The maximum Gasteiger partial charge on any atom is 0.354 e. The van der Waals surface area contributed by atoms with Gasteiger partial charge in [0.1, 0.15) is 12.4 Å². The summed E-state index contributed by atoms with van der Waals surface area (Å²) in [6.07, 6.45) is 0. The van der Waals surface area contributed by atoms with Crippen LogP contribution in [0.1, 0.15) is 24.3 Å². The first-order valence-corrected chi connectivity index (χ1v) is 6.91. The van der Waals surface area contributed by atoms with Crippen molar-refractivity contribution in [1.82, 2.24) is 4.98 Å². The standard InChI is InChI=1S/C16H19NO4/c1-11(2)10-20-7-8-21-15-9-14(16(18)19)17-13-6-4-3-5-12(13)15/h3-6,9,11H,7-8,10H2,1-2H3,(H,18,19). The van der Waals surface area contributed by atoms with E-state index in [0.717, 1.165) is 5.39 Å². The zero-order valence-corrected chi connectivity index (χ0v) is 12.2. The van der Waals surface area contributed by atoms with E-state index in [0.29, 0.717) is 37.0 Å². The van der Waals surface area contributed by atoms with Crippen molar-refractivity contribution in [3.05, 3.63) is 36.0 Å². The molecule has 0 saturated carbocycles. The third-order valence-electron chi connectivity index (χ3n) is 2.83. The lowest BCUT2D eigenvalue weighted by Gasteiger charge is -2.11. The number of ether oxygens (including phenoxy) is 2. The highest BCUT2D eigenvalue weighted by atomic mass is 16.5. The molecule has 0 saturated heterocycles. The summed E-state index contributed by atoms with van der Waals surface area (Å²) in [7, 11) is 0. The summed E-state index contributed by atoms with van der Waals surface area (Å²) in [6.45, 7) is 5.69. The summed E-state index contributed by atoms with van der Waals surface area (Å²) in [5.74, 6) is -0.0711. The normalized spacial score (nSPS) is 11.0. The Labute approximate surface area is 123 Å². The molecule has 0 aliphatic carbocycles. The van der Waals surface area contributed by atoms with Gasteiger partial charge in [-0.3, -0.25) is 0 Å². The Morgan fingerprint density at radius 3 is 2.76 bits per heavy atom. The largest absolute Gasteiger partial charge is 0.490 e. The molecule has 0 fully saturated rings. The highest BCUT2D eigenvalue weighted by Gasteiger charge is 2.11. The second kappa shape index (κ2) is 7.04. The molecule has 1 aromatic carbocycles. The number of hydrogen-bond acceptors (Lipinski definition) is 4. The van der Waals surface area contributed by atoms with E-state index < -0.39 is 5.97 Å². The van der Waals surface area contributed by atoms with Crippen LogP contribution in [0, 0.1) is 5.92 Å². The summed E-state index contributed by atoms with van der Waals surface area (Å²) in [6, 6.07) is 8.76. The SMILES string of the molecule is CC(C)COCCOc1cc(C(=O)O)nc2ccccc12. The summed E-state index contributed by atoms with van der Waals surface area (Å²) >= 11 is 0. The quantitative estimate of drug-likeness (QED) is 0.794. The number of hydrogen-bond donors (Lipinski definition) is 1. The van der Waals surface area contributed by atoms with Crippen LogP contribution in [0.15, 0.2) is 30.3 Å². The third-order valence-corrected chi connectivity index (χ3v) is 2.83. The number of para-hydroxylation sites is 1. The van der Waals surface area contributed by atoms with E-state index in [-0.39, 0.29) is 5.69 Å². The molecule has 0 atom stereocenters. The Bertz CT molecular complexity index is 625. The minimum Gasteiger partial charge on any atom is -0.490 e. The Hall–Kier alpha value is -2.14. The number of aromatic carboxylic acids is 1. The van der Waals surface area contributed by atoms with Gasteiger partial charge in [-0.25, -0.2) is 9.78 Å². The van der Waals surface area contributed by atoms with Crippen LogP contribution >= 0.6 is 0 Å². The highest BCUT2D eigenvalue weighted by molar-refractivity contribution is 5.93. The van der Waals surface area contributed by atoms with Crippen LogP contribution in [-0.2, 0) is 4.74 Å². The number of fused-ring (bicyclic) bond motifs is 1. The molecule has 2 rings (SSSR count). The van der Waals surface area contributed by atoms with Crippen LogP contribution in [0.3, 0.4) is 0 Å². The molecule has 0 aliphatic rings. The van der Waals surface area contributed by atoms with Gasteiger partial charge in [-0.2, -0.15) is 0 Å². The minimum atomic E-state index is -1.07. The van der Waals surface area contributed by atoms with E-state index in [1.807, 2.05) is 18.2 Å². The Morgan fingerprint density at radius 1 is 1.29 bits per heavy atom. The number of carboxylic acid groups (broad SMARTS) is 1. The summed E-state index contributed by atoms with van der Waals surface area (Å²) in [4.78, 5) is 15.2. The van der Waals surface area contributed by atoms with Crippen molar-refractivity contribution in [1.29, 1.82) is 0 Å². The lowest BCUT2D eigenvalue weighted by atomic mass is 10.2. The Kier molecular flexibility index (Phi) is 5.11. The summed E-state index contributed by atoms with van der Waals surface area (Å²) < 4.78 is 11.1. The predicted molar refractivity (Wildman–Crippen MR) is 79.9 cm³/mol. The van der Waals surface area contributed by atoms with Crippen LogP contribution in [0.2, 0.25) is 0 Å². The van der Waals surface area contributed by atoms with Crippen LogP contribution in [0.5, 0.6) is 5.75 Å². The number of pyridine rings is 1. The zero-order valence-electron chi connectivity index (χ0n) is 12.2. The van der Waals surface area contributed by atoms with E-state index in [1.165, 1.54) is 6.07 Å². The van der Waals surface area contributed by atoms with Crippen molar-refractivity contribution in [2.24, 2.45) is 5.92 Å². The second-order valence-electron chi connectivity index (χ2n) is 5.15. The van der Waals surface area contributed by atoms with Crippen molar-refractivity contribution in [2.45, 2.75) is 13.8 Å². The fourth-order valence-corrected chi connectivity index (χ4v) is 1.90. The number of rotatable bonds is 7. The van der Waals surface area contributed by atoms with E-state index in [1.54, 1.807) is 6.07 Å². The molecule has 0 unspecified atom stereocenters. The van der Waals surface area contributed by atoms with Gasteiger partial charge < -0.3 is 14.6 Å². The van der Waals surface area contributed by atoms with Gasteiger partial charge in [0, 0.05) is 18.1 Å². The average Bonchev–Trinajstić information content (AvgIpc) is 2.46. The molecule has 1 heterocycles. The number of carboxylic acids is 1. The molecule has 2 aromatic rings. The molecule has 0 amide bonds. The van der Waals surface area contributed by atoms with Gasteiger partial charge in [0.2, 0.25) is 0 Å². The number of aromatic nitrogens is 1. The predicted octanol–water partition coefficient (Wildman–Crippen LogP) is 2.98. The van der Waals surface area contributed by atoms with Gasteiger partial charge >= 0.3 is 5.97 Å². The molecular formula is C16H19NO4. The fraction of sp³-hybridized carbons (Fsp3) is 0.375. The summed E-state index contributed by atoms with van der Waals surface area (Å²) in [5.41, 5.74) is 0.585. The Morgan fingerprint density at radius 2 is 2.05 bits per heavy atom. The lowest BCUT2D eigenvalue weighted by Crippen LogP contribution is -2.11. The van der Waals surface area contributed by atoms with E-state index >= 15 is 0 Å². The van der Waals surface area contributed by atoms with Crippen molar-refractivity contribution >= 4 is 16.9 Å². The van der Waals surface area contributed by atoms with Gasteiger partial charge in [0.25, 0.3) is 0 Å². The maximum atomic E-state index is 11.1. The molecule has 0 radical (unpaired) electrons. The van der Waals surface area contributed by atoms with Crippen LogP contribution in [0.4, 0.5) is 0 Å². The van der Waals surface area contributed by atoms with Crippen molar-refractivity contribution in [3.63, 3.8) is 0 Å². The molecule has 0 spiro atoms. The molecule has 21 heavy (non-hydrogen) atoms. The molecular weight excluding hydrogens is 270 g/mol. The van der Waals surface area contributed by atoms with Crippen LogP contribution in [-0.4, -0.2) is 35.9 Å². The van der Waals surface area contributed by atoms with Crippen molar-refractivity contribution < 1.29 is 19.4 Å². The topological polar surface area (TPSA) is 68.7 Å². The monoisotopic (exact) mass is 289 g/mol. The van der Waals surface area contributed by atoms with E-state index in [2.05, 4.69) is 18.8 Å². The number of carbonyl (C=O) groups is 1. The smallest absolute Gasteiger partial charge is 0.354 e. The van der Waals surface area contributed by atoms with Crippen molar-refractivity contribution in [2.75, 3.05) is 19.8 Å². The van der Waals surface area contributed by atoms with Gasteiger partial charge in [0.15, 0.2) is 5.69 Å². The average molecular weight is 289 g/mol. The van der Waals surface area contributed by atoms with Crippen LogP contribution in [0.25, 0.3) is 10.9 Å². The first-order chi connectivity index (χ1) is 10.1. The Balaban J connectivity index is 2.12. The molecule has 5 heteroatoms. The third kappa shape index (κ3) is 4.16. The minimum absolute atomic E-state index is 0.0215. The zero-order chi connectivity index (χ0) is 15.2. The lowest BCUT2D eigenvalue weighted by molar-refractivity contribution is 0.0689. The number of benzene rings is 1. The van der Waals surface area contributed by atoms with Crippen molar-refractivity contribution in [3.8, 4) is 5.75 Å².